The van der Waals surface area contributed by atoms with Gasteiger partial charge in [-0.1, -0.05) is 42.5 Å². The van der Waals surface area contributed by atoms with E-state index in [-0.39, 0.29) is 0 Å². The van der Waals surface area contributed by atoms with Crippen molar-refractivity contribution in [2.75, 3.05) is 0 Å². The van der Waals surface area contributed by atoms with E-state index in [4.69, 9.17) is 5.11 Å². The van der Waals surface area contributed by atoms with E-state index in [1.165, 1.54) is 0 Å². The third kappa shape index (κ3) is 3.45. The van der Waals surface area contributed by atoms with Crippen LogP contribution in [0.3, 0.4) is 0 Å². The van der Waals surface area contributed by atoms with Crippen molar-refractivity contribution in [2.45, 2.75) is 20.8 Å². The quantitative estimate of drug-likeness (QED) is 0.802. The van der Waals surface area contributed by atoms with Crippen LogP contribution in [0.15, 0.2) is 35.9 Å². The molecule has 0 aliphatic rings. The van der Waals surface area contributed by atoms with Crippen molar-refractivity contribution >= 4 is 24.2 Å². The summed E-state index contributed by atoms with van der Waals surface area (Å²) in [5.74, 6) is -0.892. The average molecular weight is 242 g/mol. The van der Waals surface area contributed by atoms with E-state index in [9.17, 15) is 4.79 Å². The van der Waals surface area contributed by atoms with Gasteiger partial charge in [-0.05, 0) is 43.5 Å². The number of allylic oxidation sites excluding steroid dienone is 2. The highest BCUT2D eigenvalue weighted by Crippen LogP contribution is 2.21. The molecule has 1 rings (SSSR count). The normalized spacial score (nSPS) is 12.5. The molecule has 1 aromatic carbocycles. The molecule has 0 aromatic heterocycles. The summed E-state index contributed by atoms with van der Waals surface area (Å²) in [7, 11) is 0. The first-order chi connectivity index (χ1) is 8.60. The third-order valence-corrected chi connectivity index (χ3v) is 2.56. The first-order valence-corrected chi connectivity index (χ1v) is 5.90. The number of carbonyl (C=O) groups is 1. The minimum Gasteiger partial charge on any atom is -0.478 e. The summed E-state index contributed by atoms with van der Waals surface area (Å²) in [5, 5.41) is 8.98. The molecule has 1 N–H and O–H groups in total. The zero-order chi connectivity index (χ0) is 13.5. The van der Waals surface area contributed by atoms with Crippen LogP contribution in [0.1, 0.15) is 37.5 Å². The van der Waals surface area contributed by atoms with Crippen molar-refractivity contribution < 1.29 is 9.90 Å². The highest BCUT2D eigenvalue weighted by atomic mass is 16.4. The lowest BCUT2D eigenvalue weighted by Gasteiger charge is -2.07. The molecule has 0 amide bonds. The lowest BCUT2D eigenvalue weighted by molar-refractivity contribution is -0.132. The molecule has 0 saturated heterocycles. The molecule has 2 nitrogen and oxygen atoms in total. The van der Waals surface area contributed by atoms with Crippen molar-refractivity contribution in [1.82, 2.24) is 0 Å². The van der Waals surface area contributed by atoms with Gasteiger partial charge >= 0.3 is 5.97 Å². The molecule has 18 heavy (non-hydrogen) atoms. The lowest BCUT2D eigenvalue weighted by atomic mass is 9.98. The first-order valence-electron chi connectivity index (χ1n) is 5.90. The minimum absolute atomic E-state index is 0.331. The summed E-state index contributed by atoms with van der Waals surface area (Å²) in [6, 6.07) is 5.93. The van der Waals surface area contributed by atoms with E-state index in [1.807, 2.05) is 56.4 Å². The van der Waals surface area contributed by atoms with Gasteiger partial charge in [0.05, 0.1) is 0 Å². The van der Waals surface area contributed by atoms with E-state index in [1.54, 1.807) is 13.0 Å². The molecule has 0 saturated carbocycles. The molecule has 0 unspecified atom stereocenters. The second-order valence-electron chi connectivity index (χ2n) is 3.98. The Kier molecular flexibility index (Phi) is 5.12. The Bertz CT molecular complexity index is 490. The largest absolute Gasteiger partial charge is 0.478 e. The highest BCUT2D eigenvalue weighted by molar-refractivity contribution is 5.93. The van der Waals surface area contributed by atoms with Crippen LogP contribution in [-0.4, -0.2) is 11.1 Å². The number of hydrogen-bond donors (Lipinski definition) is 1. The van der Waals surface area contributed by atoms with E-state index in [0.717, 1.165) is 16.7 Å². The van der Waals surface area contributed by atoms with Gasteiger partial charge in [-0.15, -0.1) is 0 Å². The van der Waals surface area contributed by atoms with Crippen LogP contribution in [0, 0.1) is 0 Å². The Morgan fingerprint density at radius 3 is 2.00 bits per heavy atom. The zero-order valence-corrected chi connectivity index (χ0v) is 11.0. The smallest absolute Gasteiger partial charge is 0.331 e. The maximum Gasteiger partial charge on any atom is 0.331 e. The number of hydrogen-bond acceptors (Lipinski definition) is 1. The first kappa shape index (κ1) is 14.0. The molecule has 0 aliphatic heterocycles. The maximum absolute atomic E-state index is 10.9. The number of aliphatic carboxylic acids is 1. The summed E-state index contributed by atoms with van der Waals surface area (Å²) in [5.41, 5.74) is 3.31. The fourth-order valence-corrected chi connectivity index (χ4v) is 1.70. The Balaban J connectivity index is 3.44. The lowest BCUT2D eigenvalue weighted by Crippen LogP contribution is -1.97. The van der Waals surface area contributed by atoms with Gasteiger partial charge in [-0.2, -0.15) is 0 Å². The minimum atomic E-state index is -0.892. The number of benzene rings is 1. The summed E-state index contributed by atoms with van der Waals surface area (Å²) in [4.78, 5) is 10.9. The average Bonchev–Trinajstić information content (AvgIpc) is 2.33. The van der Waals surface area contributed by atoms with Gasteiger partial charge in [-0.3, -0.25) is 0 Å². The van der Waals surface area contributed by atoms with E-state index in [0.29, 0.717) is 5.57 Å². The number of carboxylic acid groups (broad SMARTS) is 1. The number of carboxylic acids is 1. The van der Waals surface area contributed by atoms with Gasteiger partial charge in [0, 0.05) is 5.57 Å². The van der Waals surface area contributed by atoms with Gasteiger partial charge in [-0.25, -0.2) is 4.79 Å². The molecule has 94 valence electrons. The van der Waals surface area contributed by atoms with Crippen LogP contribution in [0.4, 0.5) is 0 Å². The second kappa shape index (κ2) is 6.60. The van der Waals surface area contributed by atoms with Crippen LogP contribution >= 0.6 is 0 Å². The Morgan fingerprint density at radius 1 is 1.11 bits per heavy atom. The summed E-state index contributed by atoms with van der Waals surface area (Å²) in [6.07, 6.45) is 9.57. The van der Waals surface area contributed by atoms with Gasteiger partial charge in [0.2, 0.25) is 0 Å². The fourth-order valence-electron chi connectivity index (χ4n) is 1.70. The molecule has 0 fully saturated rings. The molecular weight excluding hydrogens is 224 g/mol. The molecule has 0 atom stereocenters. The van der Waals surface area contributed by atoms with E-state index in [2.05, 4.69) is 0 Å². The molecule has 0 aliphatic carbocycles. The van der Waals surface area contributed by atoms with Crippen LogP contribution in [0.2, 0.25) is 0 Å². The topological polar surface area (TPSA) is 37.3 Å². The van der Waals surface area contributed by atoms with Crippen molar-refractivity contribution in [2.24, 2.45) is 0 Å². The molecule has 0 heterocycles. The van der Waals surface area contributed by atoms with Gasteiger partial charge in [0.15, 0.2) is 0 Å². The standard InChI is InChI=1S/C16H18O2/c1-4-7-13-9-6-10-14(8-5-2)15(13)11-12(3)16(17)18/h4-11H,1-3H3,(H,17,18). The predicted octanol–water partition coefficient (Wildman–Crippen LogP) is 4.24. The molecule has 0 bridgehead atoms. The fraction of sp³-hybridized carbons (Fsp3) is 0.188. The van der Waals surface area contributed by atoms with Crippen molar-refractivity contribution in [1.29, 1.82) is 0 Å². The third-order valence-electron chi connectivity index (χ3n) is 2.56. The number of rotatable bonds is 4. The molecule has 2 heteroatoms. The second-order valence-corrected chi connectivity index (χ2v) is 3.98. The van der Waals surface area contributed by atoms with Crippen molar-refractivity contribution in [3.05, 3.63) is 52.6 Å². The van der Waals surface area contributed by atoms with Crippen LogP contribution in [-0.2, 0) is 4.79 Å². The van der Waals surface area contributed by atoms with Gasteiger partial charge in [0.25, 0.3) is 0 Å². The van der Waals surface area contributed by atoms with Gasteiger partial charge in [0.1, 0.15) is 0 Å². The van der Waals surface area contributed by atoms with E-state index >= 15 is 0 Å². The van der Waals surface area contributed by atoms with Crippen molar-refractivity contribution in [3.63, 3.8) is 0 Å². The SMILES string of the molecule is CC=Cc1cccc(C=CC)c1C=C(C)C(=O)O. The maximum atomic E-state index is 10.9. The Hall–Kier alpha value is -2.09. The monoisotopic (exact) mass is 242 g/mol. The summed E-state index contributed by atoms with van der Waals surface area (Å²) < 4.78 is 0. The van der Waals surface area contributed by atoms with Gasteiger partial charge < -0.3 is 5.11 Å². The summed E-state index contributed by atoms with van der Waals surface area (Å²) in [6.45, 7) is 5.49. The Labute approximate surface area is 108 Å². The van der Waals surface area contributed by atoms with Crippen LogP contribution in [0.25, 0.3) is 18.2 Å². The molecule has 1 aromatic rings. The van der Waals surface area contributed by atoms with Crippen LogP contribution in [0.5, 0.6) is 0 Å². The molecule has 0 radical (unpaired) electrons. The molecular formula is C16H18O2. The zero-order valence-electron chi connectivity index (χ0n) is 11.0. The predicted molar refractivity (Wildman–Crippen MR) is 77.1 cm³/mol. The van der Waals surface area contributed by atoms with Crippen molar-refractivity contribution in [3.8, 4) is 0 Å². The Morgan fingerprint density at radius 2 is 1.61 bits per heavy atom. The summed E-state index contributed by atoms with van der Waals surface area (Å²) >= 11 is 0. The highest BCUT2D eigenvalue weighted by Gasteiger charge is 2.05. The van der Waals surface area contributed by atoms with E-state index < -0.39 is 5.97 Å². The van der Waals surface area contributed by atoms with Crippen LogP contribution < -0.4 is 0 Å². The molecule has 0 spiro atoms.